The topological polar surface area (TPSA) is 44.5 Å². The van der Waals surface area contributed by atoms with E-state index in [0.717, 1.165) is 0 Å². The third kappa shape index (κ3) is 3.66. The zero-order valence-corrected chi connectivity index (χ0v) is 12.0. The Morgan fingerprint density at radius 3 is 2.33 bits per heavy atom. The smallest absolute Gasteiger partial charge is 0.165 e. The van der Waals surface area contributed by atoms with E-state index in [4.69, 9.17) is 27.4 Å². The average molecular weight is 309 g/mol. The highest BCUT2D eigenvalue weighted by Crippen LogP contribution is 2.22. The molecule has 21 heavy (non-hydrogen) atoms. The Bertz CT molecular complexity index is 677. The Kier molecular flexibility index (Phi) is 4.70. The molecule has 0 aliphatic heterocycles. The first-order valence-corrected chi connectivity index (χ1v) is 6.46. The van der Waals surface area contributed by atoms with Gasteiger partial charge in [-0.25, -0.2) is 8.78 Å². The first-order valence-electron chi connectivity index (χ1n) is 6.06. The van der Waals surface area contributed by atoms with Crippen LogP contribution < -0.4 is 15.2 Å². The van der Waals surface area contributed by atoms with Gasteiger partial charge in [0.25, 0.3) is 0 Å². The number of methoxy groups -OCH3 is 1. The maximum Gasteiger partial charge on any atom is 0.165 e. The minimum absolute atomic E-state index is 0.0320. The lowest BCUT2D eigenvalue weighted by Crippen LogP contribution is -2.09. The molecule has 3 nitrogen and oxygen atoms in total. The van der Waals surface area contributed by atoms with Crippen molar-refractivity contribution in [3.05, 3.63) is 59.2 Å². The third-order valence-electron chi connectivity index (χ3n) is 2.83. The average Bonchev–Trinajstić information content (AvgIpc) is 2.46. The van der Waals surface area contributed by atoms with Gasteiger partial charge in [-0.15, -0.1) is 0 Å². The van der Waals surface area contributed by atoms with Gasteiger partial charge in [0.1, 0.15) is 11.6 Å². The van der Waals surface area contributed by atoms with Gasteiger partial charge in [-0.1, -0.05) is 18.3 Å². The zero-order chi connectivity index (χ0) is 15.4. The summed E-state index contributed by atoms with van der Waals surface area (Å²) in [6.45, 7) is 0.0320. The van der Waals surface area contributed by atoms with Gasteiger partial charge in [-0.05, 0) is 35.9 Å². The molecule has 0 unspecified atom stereocenters. The number of benzene rings is 2. The van der Waals surface area contributed by atoms with Crippen LogP contribution in [-0.4, -0.2) is 12.1 Å². The van der Waals surface area contributed by atoms with Crippen molar-refractivity contribution in [3.63, 3.8) is 0 Å². The summed E-state index contributed by atoms with van der Waals surface area (Å²) in [5.41, 5.74) is 6.39. The summed E-state index contributed by atoms with van der Waals surface area (Å²) in [6.07, 6.45) is 0. The van der Waals surface area contributed by atoms with E-state index in [1.165, 1.54) is 31.4 Å². The largest absolute Gasteiger partial charge is 0.494 e. The second-order valence-corrected chi connectivity index (χ2v) is 4.71. The molecule has 6 heteroatoms. The molecule has 0 amide bonds. The molecule has 2 aromatic carbocycles. The molecular formula is C15H13F2NO2S. The molecule has 0 fully saturated rings. The second kappa shape index (κ2) is 6.49. The summed E-state index contributed by atoms with van der Waals surface area (Å²) in [5.74, 6) is -0.880. The summed E-state index contributed by atoms with van der Waals surface area (Å²) in [7, 11) is 1.38. The van der Waals surface area contributed by atoms with Gasteiger partial charge in [0.2, 0.25) is 0 Å². The van der Waals surface area contributed by atoms with E-state index < -0.39 is 11.6 Å². The normalized spacial score (nSPS) is 10.2. The van der Waals surface area contributed by atoms with Crippen molar-refractivity contribution in [2.75, 3.05) is 7.11 Å². The highest BCUT2D eigenvalue weighted by molar-refractivity contribution is 7.80. The molecule has 2 N–H and O–H groups in total. The molecule has 0 radical (unpaired) electrons. The number of ether oxygens (including phenoxy) is 2. The van der Waals surface area contributed by atoms with Gasteiger partial charge in [0.15, 0.2) is 23.1 Å². The van der Waals surface area contributed by atoms with Gasteiger partial charge < -0.3 is 15.2 Å². The fourth-order valence-corrected chi connectivity index (χ4v) is 1.86. The van der Waals surface area contributed by atoms with Gasteiger partial charge >= 0.3 is 0 Å². The van der Waals surface area contributed by atoms with Crippen molar-refractivity contribution in [1.29, 1.82) is 0 Å². The molecular weight excluding hydrogens is 296 g/mol. The number of hydrogen-bond acceptors (Lipinski definition) is 3. The number of halogens is 2. The molecule has 2 aromatic rings. The van der Waals surface area contributed by atoms with Gasteiger partial charge in [0.05, 0.1) is 7.11 Å². The molecule has 0 saturated heterocycles. The van der Waals surface area contributed by atoms with E-state index in [1.807, 2.05) is 0 Å². The molecule has 110 valence electrons. The predicted octanol–water partition coefficient (Wildman–Crippen LogP) is 3.19. The molecule has 0 aliphatic rings. The van der Waals surface area contributed by atoms with E-state index in [-0.39, 0.29) is 23.1 Å². The minimum atomic E-state index is -0.575. The number of hydrogen-bond donors (Lipinski definition) is 1. The monoisotopic (exact) mass is 309 g/mol. The lowest BCUT2D eigenvalue weighted by molar-refractivity contribution is 0.289. The quantitative estimate of drug-likeness (QED) is 0.862. The summed E-state index contributed by atoms with van der Waals surface area (Å²) < 4.78 is 37.4. The molecule has 0 heterocycles. The van der Waals surface area contributed by atoms with Gasteiger partial charge in [-0.3, -0.25) is 0 Å². The van der Waals surface area contributed by atoms with Crippen LogP contribution in [0.3, 0.4) is 0 Å². The Balaban J connectivity index is 2.09. The minimum Gasteiger partial charge on any atom is -0.494 e. The number of nitrogens with two attached hydrogens (primary N) is 1. The van der Waals surface area contributed by atoms with E-state index in [0.29, 0.717) is 11.1 Å². The molecule has 0 aromatic heterocycles. The zero-order valence-electron chi connectivity index (χ0n) is 11.2. The Labute approximate surface area is 126 Å². The van der Waals surface area contributed by atoms with E-state index >= 15 is 0 Å². The maximum absolute atomic E-state index is 13.8. The standard InChI is InChI=1S/C15H13F2NO2S/c1-19-13-4-2-9(6-11(13)16)8-20-14-5-3-10(15(18)21)7-12(14)17/h2-7H,8H2,1H3,(H2,18,21). The maximum atomic E-state index is 13.8. The summed E-state index contributed by atoms with van der Waals surface area (Å²) in [6, 6.07) is 8.61. The van der Waals surface area contributed by atoms with Crippen LogP contribution in [0.2, 0.25) is 0 Å². The molecule has 2 rings (SSSR count). The molecule has 0 atom stereocenters. The van der Waals surface area contributed by atoms with Crippen LogP contribution >= 0.6 is 12.2 Å². The van der Waals surface area contributed by atoms with Crippen molar-refractivity contribution in [2.24, 2.45) is 5.73 Å². The fourth-order valence-electron chi connectivity index (χ4n) is 1.73. The van der Waals surface area contributed by atoms with Crippen LogP contribution in [0, 0.1) is 11.6 Å². The number of thiocarbonyl (C=S) groups is 1. The van der Waals surface area contributed by atoms with Crippen LogP contribution in [0.15, 0.2) is 36.4 Å². The second-order valence-electron chi connectivity index (χ2n) is 4.27. The van der Waals surface area contributed by atoms with E-state index in [2.05, 4.69) is 0 Å². The Hall–Kier alpha value is -2.21. The van der Waals surface area contributed by atoms with Crippen molar-refractivity contribution < 1.29 is 18.3 Å². The first kappa shape index (κ1) is 15.2. The van der Waals surface area contributed by atoms with Gasteiger partial charge in [0, 0.05) is 5.56 Å². The van der Waals surface area contributed by atoms with Crippen LogP contribution in [0.1, 0.15) is 11.1 Å². The summed E-state index contributed by atoms with van der Waals surface area (Å²) in [4.78, 5) is 0.109. The van der Waals surface area contributed by atoms with Crippen molar-refractivity contribution >= 4 is 17.2 Å². The summed E-state index contributed by atoms with van der Waals surface area (Å²) >= 11 is 4.76. The fraction of sp³-hybridized carbons (Fsp3) is 0.133. The van der Waals surface area contributed by atoms with Crippen molar-refractivity contribution in [3.8, 4) is 11.5 Å². The third-order valence-corrected chi connectivity index (χ3v) is 3.06. The first-order chi connectivity index (χ1) is 10.0. The molecule has 0 aliphatic carbocycles. The molecule has 0 bridgehead atoms. The van der Waals surface area contributed by atoms with Gasteiger partial charge in [-0.2, -0.15) is 0 Å². The van der Waals surface area contributed by atoms with Crippen LogP contribution in [0.25, 0.3) is 0 Å². The highest BCUT2D eigenvalue weighted by Gasteiger charge is 2.08. The van der Waals surface area contributed by atoms with Crippen LogP contribution in [0.4, 0.5) is 8.78 Å². The van der Waals surface area contributed by atoms with Crippen molar-refractivity contribution in [1.82, 2.24) is 0 Å². The van der Waals surface area contributed by atoms with Crippen LogP contribution in [-0.2, 0) is 6.61 Å². The Morgan fingerprint density at radius 1 is 1.10 bits per heavy atom. The Morgan fingerprint density at radius 2 is 1.76 bits per heavy atom. The van der Waals surface area contributed by atoms with Crippen LogP contribution in [0.5, 0.6) is 11.5 Å². The predicted molar refractivity (Wildman–Crippen MR) is 79.6 cm³/mol. The lowest BCUT2D eigenvalue weighted by Gasteiger charge is -2.09. The highest BCUT2D eigenvalue weighted by atomic mass is 32.1. The summed E-state index contributed by atoms with van der Waals surface area (Å²) in [5, 5.41) is 0. The van der Waals surface area contributed by atoms with Crippen molar-refractivity contribution in [2.45, 2.75) is 6.61 Å². The van der Waals surface area contributed by atoms with E-state index in [1.54, 1.807) is 12.1 Å². The molecule has 0 spiro atoms. The lowest BCUT2D eigenvalue weighted by atomic mass is 10.2. The SMILES string of the molecule is COc1ccc(COc2ccc(C(N)=S)cc2F)cc1F. The molecule has 0 saturated carbocycles. The number of rotatable bonds is 5. The van der Waals surface area contributed by atoms with E-state index in [9.17, 15) is 8.78 Å².